The van der Waals surface area contributed by atoms with Crippen molar-refractivity contribution < 1.29 is 24.2 Å². The van der Waals surface area contributed by atoms with Crippen molar-refractivity contribution in [1.82, 2.24) is 4.98 Å². The number of methoxy groups -OCH3 is 2. The Labute approximate surface area is 189 Å². The highest BCUT2D eigenvalue weighted by molar-refractivity contribution is 6.51. The SMILES string of the molecule is COc1ccc(C2/C(=C(/O)c3ccc(Cl)cc3)C(=O)C(=O)N2c2ccccn2)cc1OC. The fourth-order valence-corrected chi connectivity index (χ4v) is 3.79. The highest BCUT2D eigenvalue weighted by atomic mass is 35.5. The number of hydrogen-bond donors (Lipinski definition) is 1. The normalized spacial score (nSPS) is 17.5. The summed E-state index contributed by atoms with van der Waals surface area (Å²) in [5.74, 6) is -0.725. The monoisotopic (exact) mass is 450 g/mol. The van der Waals surface area contributed by atoms with Crippen molar-refractivity contribution >= 4 is 34.9 Å². The lowest BCUT2D eigenvalue weighted by molar-refractivity contribution is -0.132. The molecule has 1 fully saturated rings. The number of halogens is 1. The molecule has 0 aliphatic carbocycles. The van der Waals surface area contributed by atoms with Gasteiger partial charge < -0.3 is 14.6 Å². The molecule has 1 amide bonds. The zero-order valence-corrected chi connectivity index (χ0v) is 18.0. The highest BCUT2D eigenvalue weighted by Gasteiger charge is 2.47. The van der Waals surface area contributed by atoms with Gasteiger partial charge in [-0.05, 0) is 54.1 Å². The van der Waals surface area contributed by atoms with E-state index in [1.807, 2.05) is 0 Å². The van der Waals surface area contributed by atoms with Crippen molar-refractivity contribution in [3.8, 4) is 11.5 Å². The fraction of sp³-hybridized carbons (Fsp3) is 0.125. The molecule has 4 rings (SSSR count). The molecule has 1 aromatic heterocycles. The first-order valence-corrected chi connectivity index (χ1v) is 10.0. The lowest BCUT2D eigenvalue weighted by Gasteiger charge is -2.25. The van der Waals surface area contributed by atoms with E-state index in [9.17, 15) is 14.7 Å². The summed E-state index contributed by atoms with van der Waals surface area (Å²) in [6.45, 7) is 0. The minimum Gasteiger partial charge on any atom is -0.507 e. The molecular formula is C24H19ClN2O5. The Morgan fingerprint density at radius 1 is 1.00 bits per heavy atom. The molecule has 1 aliphatic rings. The van der Waals surface area contributed by atoms with Crippen LogP contribution in [0.4, 0.5) is 5.82 Å². The summed E-state index contributed by atoms with van der Waals surface area (Å²) in [6, 6.07) is 15.5. The van der Waals surface area contributed by atoms with Crippen LogP contribution in [0.2, 0.25) is 5.02 Å². The average molecular weight is 451 g/mol. The van der Waals surface area contributed by atoms with Crippen molar-refractivity contribution in [3.63, 3.8) is 0 Å². The van der Waals surface area contributed by atoms with Crippen molar-refractivity contribution in [1.29, 1.82) is 0 Å². The number of hydrogen-bond acceptors (Lipinski definition) is 6. The number of aliphatic hydroxyl groups is 1. The second kappa shape index (κ2) is 8.72. The maximum Gasteiger partial charge on any atom is 0.301 e. The molecule has 1 N–H and O–H groups in total. The van der Waals surface area contributed by atoms with E-state index in [-0.39, 0.29) is 17.2 Å². The second-order valence-corrected chi connectivity index (χ2v) is 7.41. The molecule has 0 bridgehead atoms. The third-order valence-electron chi connectivity index (χ3n) is 5.18. The summed E-state index contributed by atoms with van der Waals surface area (Å²) in [5.41, 5.74) is 0.845. The molecule has 1 unspecified atom stereocenters. The number of aromatic nitrogens is 1. The number of Topliss-reactive ketones (excluding diaryl/α,β-unsaturated/α-hetero) is 1. The minimum atomic E-state index is -0.930. The molecule has 0 spiro atoms. The fourth-order valence-electron chi connectivity index (χ4n) is 3.67. The van der Waals surface area contributed by atoms with Gasteiger partial charge >= 0.3 is 5.91 Å². The van der Waals surface area contributed by atoms with Crippen LogP contribution < -0.4 is 14.4 Å². The molecule has 8 heteroatoms. The lowest BCUT2D eigenvalue weighted by Crippen LogP contribution is -2.30. The van der Waals surface area contributed by atoms with E-state index in [1.54, 1.807) is 60.7 Å². The topological polar surface area (TPSA) is 89.0 Å². The van der Waals surface area contributed by atoms with E-state index in [4.69, 9.17) is 21.1 Å². The van der Waals surface area contributed by atoms with Crippen LogP contribution in [0.1, 0.15) is 17.2 Å². The largest absolute Gasteiger partial charge is 0.507 e. The number of pyridine rings is 1. The standard InChI is InChI=1S/C24H19ClN2O5/c1-31-17-11-8-15(13-18(17)32-2)21-20(22(28)14-6-9-16(25)10-7-14)23(29)24(30)27(21)19-5-3-4-12-26-19/h3-13,21,28H,1-2H3/b22-20-. The number of amides is 1. The number of ketones is 1. The number of aliphatic hydroxyl groups excluding tert-OH is 1. The number of benzene rings is 2. The van der Waals surface area contributed by atoms with Gasteiger partial charge in [-0.1, -0.05) is 23.7 Å². The van der Waals surface area contributed by atoms with Crippen LogP contribution in [0.15, 0.2) is 72.4 Å². The zero-order valence-electron chi connectivity index (χ0n) is 17.3. The summed E-state index contributed by atoms with van der Waals surface area (Å²) >= 11 is 5.96. The van der Waals surface area contributed by atoms with Crippen LogP contribution in [-0.2, 0) is 9.59 Å². The van der Waals surface area contributed by atoms with Gasteiger partial charge in [0.2, 0.25) is 0 Å². The maximum absolute atomic E-state index is 13.1. The van der Waals surface area contributed by atoms with Gasteiger partial charge in [-0.15, -0.1) is 0 Å². The number of carbonyl (C=O) groups excluding carboxylic acids is 2. The predicted octanol–water partition coefficient (Wildman–Crippen LogP) is 4.38. The van der Waals surface area contributed by atoms with Gasteiger partial charge in [0.05, 0.1) is 25.8 Å². The summed E-state index contributed by atoms with van der Waals surface area (Å²) in [7, 11) is 3.00. The summed E-state index contributed by atoms with van der Waals surface area (Å²) < 4.78 is 10.7. The Hall–Kier alpha value is -3.84. The van der Waals surface area contributed by atoms with Crippen molar-refractivity contribution in [3.05, 3.63) is 88.6 Å². The quantitative estimate of drug-likeness (QED) is 0.352. The van der Waals surface area contributed by atoms with Gasteiger partial charge in [0.1, 0.15) is 11.6 Å². The molecule has 7 nitrogen and oxygen atoms in total. The van der Waals surface area contributed by atoms with Gasteiger partial charge in [-0.25, -0.2) is 4.98 Å². The molecule has 0 radical (unpaired) electrons. The number of anilines is 1. The van der Waals surface area contributed by atoms with Crippen molar-refractivity contribution in [2.24, 2.45) is 0 Å². The molecule has 3 aromatic rings. The van der Waals surface area contributed by atoms with Crippen molar-refractivity contribution in [2.45, 2.75) is 6.04 Å². The van der Waals surface area contributed by atoms with Crippen LogP contribution in [0.3, 0.4) is 0 Å². The first-order valence-electron chi connectivity index (χ1n) is 9.66. The van der Waals surface area contributed by atoms with Gasteiger partial charge in [-0.2, -0.15) is 0 Å². The Balaban J connectivity index is 1.96. The van der Waals surface area contributed by atoms with Gasteiger partial charge in [-0.3, -0.25) is 14.5 Å². The third-order valence-corrected chi connectivity index (χ3v) is 5.43. The van der Waals surface area contributed by atoms with E-state index in [0.29, 0.717) is 27.6 Å². The van der Waals surface area contributed by atoms with E-state index in [2.05, 4.69) is 4.98 Å². The predicted molar refractivity (Wildman–Crippen MR) is 120 cm³/mol. The minimum absolute atomic E-state index is 0.0600. The highest BCUT2D eigenvalue weighted by Crippen LogP contribution is 2.43. The molecule has 2 heterocycles. The molecule has 162 valence electrons. The Morgan fingerprint density at radius 3 is 2.34 bits per heavy atom. The number of nitrogens with zero attached hydrogens (tertiary/aromatic N) is 2. The Morgan fingerprint density at radius 2 is 1.72 bits per heavy atom. The number of rotatable bonds is 5. The summed E-state index contributed by atoms with van der Waals surface area (Å²) in [6.07, 6.45) is 1.53. The van der Waals surface area contributed by atoms with Gasteiger partial charge in [0, 0.05) is 16.8 Å². The third kappa shape index (κ3) is 3.67. The summed E-state index contributed by atoms with van der Waals surface area (Å²) in [5, 5.41) is 11.6. The van der Waals surface area contributed by atoms with Crippen LogP contribution in [-0.4, -0.2) is 36.0 Å². The summed E-state index contributed by atoms with van der Waals surface area (Å²) in [4.78, 5) is 31.7. The molecular weight excluding hydrogens is 432 g/mol. The molecule has 0 saturated carbocycles. The first-order chi connectivity index (χ1) is 15.5. The lowest BCUT2D eigenvalue weighted by atomic mass is 9.95. The molecule has 1 atom stereocenters. The van der Waals surface area contributed by atoms with E-state index in [1.165, 1.54) is 25.3 Å². The molecule has 32 heavy (non-hydrogen) atoms. The Kier molecular flexibility index (Phi) is 5.83. The number of ether oxygens (including phenoxy) is 2. The average Bonchev–Trinajstić information content (AvgIpc) is 3.09. The maximum atomic E-state index is 13.1. The smallest absolute Gasteiger partial charge is 0.301 e. The van der Waals surface area contributed by atoms with Crippen LogP contribution in [0.25, 0.3) is 5.76 Å². The Bertz CT molecular complexity index is 1210. The van der Waals surface area contributed by atoms with E-state index < -0.39 is 17.7 Å². The van der Waals surface area contributed by atoms with Crippen molar-refractivity contribution in [2.75, 3.05) is 19.1 Å². The zero-order chi connectivity index (χ0) is 22.8. The first kappa shape index (κ1) is 21.4. The van der Waals surface area contributed by atoms with E-state index in [0.717, 1.165) is 0 Å². The molecule has 1 saturated heterocycles. The van der Waals surface area contributed by atoms with Crippen LogP contribution in [0.5, 0.6) is 11.5 Å². The second-order valence-electron chi connectivity index (χ2n) is 6.98. The molecule has 1 aliphatic heterocycles. The number of carbonyl (C=O) groups is 2. The van der Waals surface area contributed by atoms with Crippen LogP contribution in [0, 0.1) is 0 Å². The van der Waals surface area contributed by atoms with Gasteiger partial charge in [0.15, 0.2) is 11.5 Å². The van der Waals surface area contributed by atoms with E-state index >= 15 is 0 Å². The van der Waals surface area contributed by atoms with Crippen LogP contribution >= 0.6 is 11.6 Å². The molecule has 2 aromatic carbocycles. The van der Waals surface area contributed by atoms with Gasteiger partial charge in [0.25, 0.3) is 5.78 Å².